The highest BCUT2D eigenvalue weighted by atomic mass is 16.5. The number of anilines is 1. The second kappa shape index (κ2) is 12.2. The third-order valence-electron chi connectivity index (χ3n) is 6.03. The van der Waals surface area contributed by atoms with Crippen LogP contribution in [0.2, 0.25) is 0 Å². The Morgan fingerprint density at radius 2 is 1.74 bits per heavy atom. The molecule has 35 heavy (non-hydrogen) atoms. The number of hydrogen-bond donors (Lipinski definition) is 2. The van der Waals surface area contributed by atoms with Crippen molar-refractivity contribution in [1.29, 1.82) is 0 Å². The Morgan fingerprint density at radius 1 is 1.09 bits per heavy atom. The molecule has 184 valence electrons. The minimum atomic E-state index is -0.512. The van der Waals surface area contributed by atoms with Crippen LogP contribution < -0.4 is 15.2 Å². The minimum absolute atomic E-state index is 0.00615. The van der Waals surface area contributed by atoms with Gasteiger partial charge in [-0.3, -0.25) is 4.79 Å². The molecule has 7 nitrogen and oxygen atoms in total. The Bertz CT molecular complexity index is 1220. The maximum Gasteiger partial charge on any atom is 0.162 e. The standard InChI is InChI=1S/C28H33N3O4/c1-5-31(6-2)18-22(32)12-14-25(33)20-10-7-19(8-11-20)9-13-23-24-16-27(35-4)26(34-3)15-21(24)17-30-28(23)29/h7-8,10-11,15-17,22,32H,5-6,12,14,18H2,1-4H3,(H2,29,30). The van der Waals surface area contributed by atoms with Crippen LogP contribution in [0.15, 0.2) is 42.6 Å². The summed E-state index contributed by atoms with van der Waals surface area (Å²) in [4.78, 5) is 19.0. The quantitative estimate of drug-likeness (QED) is 0.339. The Kier molecular flexibility index (Phi) is 9.07. The van der Waals surface area contributed by atoms with Gasteiger partial charge in [-0.05, 0) is 43.8 Å². The summed E-state index contributed by atoms with van der Waals surface area (Å²) < 4.78 is 10.8. The Morgan fingerprint density at radius 3 is 2.37 bits per heavy atom. The van der Waals surface area contributed by atoms with Gasteiger partial charge < -0.3 is 25.2 Å². The van der Waals surface area contributed by atoms with Crippen molar-refractivity contribution in [2.24, 2.45) is 0 Å². The van der Waals surface area contributed by atoms with E-state index in [0.29, 0.717) is 47.8 Å². The fraction of sp³-hybridized carbons (Fsp3) is 0.357. The lowest BCUT2D eigenvalue weighted by molar-refractivity contribution is 0.0877. The lowest BCUT2D eigenvalue weighted by atomic mass is 10.0. The number of nitrogen functional groups attached to an aromatic ring is 1. The van der Waals surface area contributed by atoms with Crippen molar-refractivity contribution >= 4 is 22.4 Å². The topological polar surface area (TPSA) is 97.9 Å². The second-order valence-corrected chi connectivity index (χ2v) is 8.24. The zero-order valence-electron chi connectivity index (χ0n) is 20.8. The predicted molar refractivity (Wildman–Crippen MR) is 139 cm³/mol. The van der Waals surface area contributed by atoms with Crippen LogP contribution >= 0.6 is 0 Å². The number of hydrogen-bond acceptors (Lipinski definition) is 7. The summed E-state index contributed by atoms with van der Waals surface area (Å²) in [6.07, 6.45) is 1.91. The third kappa shape index (κ3) is 6.50. The number of nitrogens with zero attached hydrogens (tertiary/aromatic N) is 2. The molecule has 1 heterocycles. The number of methoxy groups -OCH3 is 2. The number of nitrogens with two attached hydrogens (primary N) is 1. The molecule has 1 atom stereocenters. The molecule has 3 N–H and O–H groups in total. The molecule has 0 saturated heterocycles. The smallest absolute Gasteiger partial charge is 0.162 e. The van der Waals surface area contributed by atoms with Gasteiger partial charge >= 0.3 is 0 Å². The van der Waals surface area contributed by atoms with E-state index in [9.17, 15) is 9.90 Å². The van der Waals surface area contributed by atoms with Gasteiger partial charge in [0.15, 0.2) is 17.3 Å². The fourth-order valence-corrected chi connectivity index (χ4v) is 3.88. The third-order valence-corrected chi connectivity index (χ3v) is 6.03. The highest BCUT2D eigenvalue weighted by molar-refractivity contribution is 5.96. The number of ether oxygens (including phenoxy) is 2. The molecule has 0 aliphatic carbocycles. The number of benzene rings is 2. The fourth-order valence-electron chi connectivity index (χ4n) is 3.88. The molecule has 2 aromatic carbocycles. The number of aliphatic hydroxyl groups is 1. The Balaban J connectivity index is 1.74. The average Bonchev–Trinajstić information content (AvgIpc) is 2.89. The van der Waals surface area contributed by atoms with Gasteiger partial charge in [-0.1, -0.05) is 37.8 Å². The molecular weight excluding hydrogens is 442 g/mol. The van der Waals surface area contributed by atoms with E-state index in [2.05, 4.69) is 35.6 Å². The van der Waals surface area contributed by atoms with Crippen LogP contribution in [-0.4, -0.2) is 60.7 Å². The van der Waals surface area contributed by atoms with Crippen molar-refractivity contribution in [2.45, 2.75) is 32.8 Å². The molecule has 0 aliphatic heterocycles. The number of ketones is 1. The first-order valence-corrected chi connectivity index (χ1v) is 11.8. The highest BCUT2D eigenvalue weighted by Crippen LogP contribution is 2.34. The molecule has 0 amide bonds. The van der Waals surface area contributed by atoms with Crippen LogP contribution in [0.3, 0.4) is 0 Å². The van der Waals surface area contributed by atoms with Crippen molar-refractivity contribution < 1.29 is 19.4 Å². The van der Waals surface area contributed by atoms with E-state index in [4.69, 9.17) is 15.2 Å². The van der Waals surface area contributed by atoms with Crippen molar-refractivity contribution in [3.05, 3.63) is 59.3 Å². The number of Topliss-reactive ketones (excluding diaryl/α,β-unsaturated/α-hetero) is 1. The molecule has 0 fully saturated rings. The molecule has 0 saturated carbocycles. The largest absolute Gasteiger partial charge is 0.493 e. The molecule has 1 aromatic heterocycles. The number of aliphatic hydroxyl groups excluding tert-OH is 1. The summed E-state index contributed by atoms with van der Waals surface area (Å²) >= 11 is 0. The molecule has 0 radical (unpaired) electrons. The SMILES string of the molecule is CCN(CC)CC(O)CCC(=O)c1ccc(C#Cc2c(N)ncc3cc(OC)c(OC)cc23)cc1. The van der Waals surface area contributed by atoms with E-state index >= 15 is 0 Å². The van der Waals surface area contributed by atoms with E-state index < -0.39 is 6.10 Å². The van der Waals surface area contributed by atoms with Crippen LogP contribution in [0.1, 0.15) is 48.2 Å². The summed E-state index contributed by atoms with van der Waals surface area (Å²) in [6, 6.07) is 10.8. The molecule has 0 spiro atoms. The van der Waals surface area contributed by atoms with E-state index in [-0.39, 0.29) is 5.78 Å². The monoisotopic (exact) mass is 475 g/mol. The van der Waals surface area contributed by atoms with Crippen LogP contribution in [0.25, 0.3) is 10.8 Å². The summed E-state index contributed by atoms with van der Waals surface area (Å²) in [6.45, 7) is 6.47. The van der Waals surface area contributed by atoms with Crippen LogP contribution in [0.4, 0.5) is 5.82 Å². The van der Waals surface area contributed by atoms with Gasteiger partial charge in [0.05, 0.1) is 25.9 Å². The van der Waals surface area contributed by atoms with E-state index in [1.807, 2.05) is 24.3 Å². The number of carbonyl (C=O) groups is 1. The molecule has 1 unspecified atom stereocenters. The summed E-state index contributed by atoms with van der Waals surface area (Å²) in [5, 5.41) is 11.9. The van der Waals surface area contributed by atoms with Crippen molar-refractivity contribution in [1.82, 2.24) is 9.88 Å². The van der Waals surface area contributed by atoms with E-state index in [0.717, 1.165) is 29.4 Å². The number of likely N-dealkylation sites (N-methyl/N-ethyl adjacent to an activating group) is 1. The van der Waals surface area contributed by atoms with Gasteiger partial charge in [-0.25, -0.2) is 4.98 Å². The Labute approximate surface area is 206 Å². The first kappa shape index (κ1) is 26.0. The van der Waals surface area contributed by atoms with Gasteiger partial charge in [0.1, 0.15) is 5.82 Å². The van der Waals surface area contributed by atoms with Gasteiger partial charge in [-0.15, -0.1) is 0 Å². The zero-order valence-corrected chi connectivity index (χ0v) is 20.8. The number of pyridine rings is 1. The zero-order chi connectivity index (χ0) is 25.4. The number of aromatic nitrogens is 1. The molecule has 3 rings (SSSR count). The molecule has 0 bridgehead atoms. The number of fused-ring (bicyclic) bond motifs is 1. The minimum Gasteiger partial charge on any atom is -0.493 e. The first-order valence-electron chi connectivity index (χ1n) is 11.8. The molecule has 0 aliphatic rings. The van der Waals surface area contributed by atoms with Crippen LogP contribution in [0, 0.1) is 11.8 Å². The van der Waals surface area contributed by atoms with Gasteiger partial charge in [0.2, 0.25) is 0 Å². The average molecular weight is 476 g/mol. The summed E-state index contributed by atoms with van der Waals surface area (Å²) in [5.41, 5.74) is 8.09. The number of carbonyl (C=O) groups excluding carboxylic acids is 1. The van der Waals surface area contributed by atoms with Crippen LogP contribution in [0.5, 0.6) is 11.5 Å². The Hall–Kier alpha value is -3.60. The molecule has 3 aromatic rings. The van der Waals surface area contributed by atoms with Crippen LogP contribution in [-0.2, 0) is 0 Å². The maximum atomic E-state index is 12.6. The summed E-state index contributed by atoms with van der Waals surface area (Å²) in [7, 11) is 3.16. The second-order valence-electron chi connectivity index (χ2n) is 8.24. The number of rotatable bonds is 10. The van der Waals surface area contributed by atoms with E-state index in [1.165, 1.54) is 0 Å². The molecule has 7 heteroatoms. The van der Waals surface area contributed by atoms with Crippen molar-refractivity contribution in [3.63, 3.8) is 0 Å². The van der Waals surface area contributed by atoms with Crippen molar-refractivity contribution in [2.75, 3.05) is 39.6 Å². The van der Waals surface area contributed by atoms with Gasteiger partial charge in [0.25, 0.3) is 0 Å². The highest BCUT2D eigenvalue weighted by Gasteiger charge is 2.13. The van der Waals surface area contributed by atoms with E-state index in [1.54, 1.807) is 32.5 Å². The molecular formula is C28H33N3O4. The predicted octanol–water partition coefficient (Wildman–Crippen LogP) is 3.90. The van der Waals surface area contributed by atoms with Gasteiger partial charge in [-0.2, -0.15) is 0 Å². The normalized spacial score (nSPS) is 11.7. The summed E-state index contributed by atoms with van der Waals surface area (Å²) in [5.74, 6) is 7.75. The first-order chi connectivity index (χ1) is 16.9. The van der Waals surface area contributed by atoms with Gasteiger partial charge in [0, 0.05) is 41.1 Å². The van der Waals surface area contributed by atoms with Crippen molar-refractivity contribution in [3.8, 4) is 23.3 Å². The maximum absolute atomic E-state index is 12.6. The lowest BCUT2D eigenvalue weighted by Crippen LogP contribution is -2.32. The lowest BCUT2D eigenvalue weighted by Gasteiger charge is -2.21.